The van der Waals surface area contributed by atoms with Crippen LogP contribution in [-0.4, -0.2) is 34.6 Å². The number of rotatable bonds is 8. The second-order valence-electron chi connectivity index (χ2n) is 5.74. The number of primary amides is 1. The molecule has 0 aliphatic heterocycles. The van der Waals surface area contributed by atoms with Crippen molar-refractivity contribution < 1.29 is 22.7 Å². The molecule has 2 rings (SSSR count). The highest BCUT2D eigenvalue weighted by Crippen LogP contribution is 2.32. The van der Waals surface area contributed by atoms with Crippen LogP contribution in [0, 0.1) is 6.92 Å². The van der Waals surface area contributed by atoms with E-state index in [-0.39, 0.29) is 17.1 Å². The molecule has 0 aromatic heterocycles. The summed E-state index contributed by atoms with van der Waals surface area (Å²) in [6.45, 7) is 1.63. The summed E-state index contributed by atoms with van der Waals surface area (Å²) in [6, 6.07) is 10.9. The summed E-state index contributed by atoms with van der Waals surface area (Å²) in [5.74, 6) is -0.0626. The third kappa shape index (κ3) is 4.53. The van der Waals surface area contributed by atoms with Crippen LogP contribution in [0.15, 0.2) is 47.4 Å². The summed E-state index contributed by atoms with van der Waals surface area (Å²) in [5.41, 5.74) is 6.65. The van der Waals surface area contributed by atoms with Crippen LogP contribution in [0.3, 0.4) is 0 Å². The second-order valence-corrected chi connectivity index (χ2v) is 7.42. The Hall–Kier alpha value is -2.58. The van der Waals surface area contributed by atoms with E-state index in [1.165, 1.54) is 20.3 Å². The maximum atomic E-state index is 12.8. The van der Waals surface area contributed by atoms with Crippen molar-refractivity contribution in [3.05, 3.63) is 53.6 Å². The summed E-state index contributed by atoms with van der Waals surface area (Å²) in [4.78, 5) is 11.8. The minimum atomic E-state index is -4.00. The summed E-state index contributed by atoms with van der Waals surface area (Å²) < 4.78 is 38.3. The van der Waals surface area contributed by atoms with Crippen LogP contribution in [0.1, 0.15) is 11.1 Å². The van der Waals surface area contributed by atoms with Gasteiger partial charge in [-0.3, -0.25) is 4.79 Å². The average Bonchev–Trinajstić information content (AvgIpc) is 2.61. The lowest BCUT2D eigenvalue weighted by Crippen LogP contribution is -2.45. The number of amides is 1. The van der Waals surface area contributed by atoms with E-state index in [1.54, 1.807) is 37.3 Å². The Morgan fingerprint density at radius 1 is 1.12 bits per heavy atom. The number of carbonyl (C=O) groups is 1. The van der Waals surface area contributed by atoms with Crippen molar-refractivity contribution in [2.45, 2.75) is 24.3 Å². The number of benzene rings is 2. The predicted molar refractivity (Wildman–Crippen MR) is 97.7 cm³/mol. The van der Waals surface area contributed by atoms with Gasteiger partial charge in [-0.25, -0.2) is 8.42 Å². The molecule has 140 valence electrons. The molecule has 3 N–H and O–H groups in total. The fourth-order valence-electron chi connectivity index (χ4n) is 2.55. The molecular weight excluding hydrogens is 356 g/mol. The number of hydrogen-bond donors (Lipinski definition) is 2. The minimum absolute atomic E-state index is 0.00513. The molecule has 0 radical (unpaired) electrons. The first-order chi connectivity index (χ1) is 12.3. The number of nitrogens with two attached hydrogens (primary N) is 1. The Kier molecular flexibility index (Phi) is 6.23. The molecule has 0 saturated heterocycles. The summed E-state index contributed by atoms with van der Waals surface area (Å²) >= 11 is 0. The van der Waals surface area contributed by atoms with Crippen molar-refractivity contribution in [3.63, 3.8) is 0 Å². The lowest BCUT2D eigenvalue weighted by molar-refractivity contribution is -0.119. The zero-order valence-electron chi connectivity index (χ0n) is 14.9. The maximum absolute atomic E-state index is 12.8. The van der Waals surface area contributed by atoms with Gasteiger partial charge in [0.25, 0.3) is 0 Å². The zero-order valence-corrected chi connectivity index (χ0v) is 15.7. The molecule has 0 saturated carbocycles. The van der Waals surface area contributed by atoms with E-state index >= 15 is 0 Å². The highest BCUT2D eigenvalue weighted by Gasteiger charge is 2.27. The third-order valence-electron chi connectivity index (χ3n) is 3.89. The number of nitrogens with one attached hydrogen (secondary N) is 1. The normalized spacial score (nSPS) is 12.4. The highest BCUT2D eigenvalue weighted by atomic mass is 32.2. The van der Waals surface area contributed by atoms with Gasteiger partial charge in [0.2, 0.25) is 15.9 Å². The van der Waals surface area contributed by atoms with Gasteiger partial charge >= 0.3 is 0 Å². The Balaban J connectivity index is 2.35. The molecular formula is C18H22N2O5S. The number of hydrogen-bond acceptors (Lipinski definition) is 5. The van der Waals surface area contributed by atoms with Gasteiger partial charge in [-0.15, -0.1) is 0 Å². The van der Waals surface area contributed by atoms with Gasteiger partial charge in [0, 0.05) is 6.07 Å². The molecule has 0 bridgehead atoms. The Bertz CT molecular complexity index is 882. The molecule has 0 spiro atoms. The topological polar surface area (TPSA) is 108 Å². The standard InChI is InChI=1S/C18H22N2O5S/c1-12-9-15(24-2)16(25-3)11-17(12)26(22,23)20-14(18(19)21)10-13-7-5-4-6-8-13/h4-9,11,14,20H,10H2,1-3H3,(H2,19,21). The molecule has 7 nitrogen and oxygen atoms in total. The monoisotopic (exact) mass is 378 g/mol. The lowest BCUT2D eigenvalue weighted by atomic mass is 10.1. The molecule has 8 heteroatoms. The zero-order chi connectivity index (χ0) is 19.3. The van der Waals surface area contributed by atoms with Crippen LogP contribution in [0.5, 0.6) is 11.5 Å². The third-order valence-corrected chi connectivity index (χ3v) is 5.51. The van der Waals surface area contributed by atoms with E-state index < -0.39 is 22.0 Å². The largest absolute Gasteiger partial charge is 0.493 e. The van der Waals surface area contributed by atoms with Crippen LogP contribution in [0.25, 0.3) is 0 Å². The number of ether oxygens (including phenoxy) is 2. The highest BCUT2D eigenvalue weighted by molar-refractivity contribution is 7.89. The number of aryl methyl sites for hydroxylation is 1. The Morgan fingerprint density at radius 3 is 2.23 bits per heavy atom. The average molecular weight is 378 g/mol. The van der Waals surface area contributed by atoms with Gasteiger partial charge < -0.3 is 15.2 Å². The maximum Gasteiger partial charge on any atom is 0.241 e. The smallest absolute Gasteiger partial charge is 0.241 e. The first kappa shape index (κ1) is 19.7. The molecule has 0 aliphatic rings. The van der Waals surface area contributed by atoms with Gasteiger partial charge in [-0.2, -0.15) is 4.72 Å². The predicted octanol–water partition coefficient (Wildman–Crippen LogP) is 1.39. The van der Waals surface area contributed by atoms with Gasteiger partial charge in [0.1, 0.15) is 6.04 Å². The Morgan fingerprint density at radius 2 is 1.69 bits per heavy atom. The van der Waals surface area contributed by atoms with Crippen molar-refractivity contribution in [2.24, 2.45) is 5.73 Å². The summed E-state index contributed by atoms with van der Waals surface area (Å²) in [6.07, 6.45) is 0.155. The van der Waals surface area contributed by atoms with Crippen molar-refractivity contribution in [2.75, 3.05) is 14.2 Å². The second kappa shape index (κ2) is 8.20. The van der Waals surface area contributed by atoms with E-state index in [4.69, 9.17) is 15.2 Å². The first-order valence-electron chi connectivity index (χ1n) is 7.86. The number of methoxy groups -OCH3 is 2. The number of carbonyl (C=O) groups excluding carboxylic acids is 1. The molecule has 2 aromatic rings. The van der Waals surface area contributed by atoms with Gasteiger partial charge in [-0.1, -0.05) is 30.3 Å². The minimum Gasteiger partial charge on any atom is -0.493 e. The summed E-state index contributed by atoms with van der Waals surface area (Å²) in [7, 11) is -1.12. The molecule has 2 aromatic carbocycles. The summed E-state index contributed by atoms with van der Waals surface area (Å²) in [5, 5.41) is 0. The number of sulfonamides is 1. The van der Waals surface area contributed by atoms with E-state index in [1.807, 2.05) is 6.07 Å². The molecule has 0 aliphatic carbocycles. The van der Waals surface area contributed by atoms with Crippen LogP contribution in [-0.2, 0) is 21.2 Å². The van der Waals surface area contributed by atoms with Gasteiger partial charge in [-0.05, 0) is 30.5 Å². The van der Waals surface area contributed by atoms with Gasteiger partial charge in [0.05, 0.1) is 19.1 Å². The molecule has 1 unspecified atom stereocenters. The van der Waals surface area contributed by atoms with E-state index in [2.05, 4.69) is 4.72 Å². The van der Waals surface area contributed by atoms with Crippen molar-refractivity contribution >= 4 is 15.9 Å². The van der Waals surface area contributed by atoms with E-state index in [0.29, 0.717) is 11.3 Å². The van der Waals surface area contributed by atoms with Crippen LogP contribution >= 0.6 is 0 Å². The molecule has 0 fully saturated rings. The quantitative estimate of drug-likeness (QED) is 0.722. The molecule has 0 heterocycles. The Labute approximate surface area is 153 Å². The molecule has 1 amide bonds. The van der Waals surface area contributed by atoms with E-state index in [9.17, 15) is 13.2 Å². The van der Waals surface area contributed by atoms with Crippen LogP contribution < -0.4 is 19.9 Å². The fraction of sp³-hybridized carbons (Fsp3) is 0.278. The van der Waals surface area contributed by atoms with Crippen molar-refractivity contribution in [1.82, 2.24) is 4.72 Å². The van der Waals surface area contributed by atoms with E-state index in [0.717, 1.165) is 5.56 Å². The van der Waals surface area contributed by atoms with Crippen LogP contribution in [0.4, 0.5) is 0 Å². The van der Waals surface area contributed by atoms with Crippen molar-refractivity contribution in [1.29, 1.82) is 0 Å². The fourth-order valence-corrected chi connectivity index (χ4v) is 4.00. The van der Waals surface area contributed by atoms with Crippen molar-refractivity contribution in [3.8, 4) is 11.5 Å². The molecule has 26 heavy (non-hydrogen) atoms. The lowest BCUT2D eigenvalue weighted by Gasteiger charge is -2.18. The molecule has 1 atom stereocenters. The van der Waals surface area contributed by atoms with Crippen LogP contribution in [0.2, 0.25) is 0 Å². The first-order valence-corrected chi connectivity index (χ1v) is 9.35. The SMILES string of the molecule is COc1cc(C)c(S(=O)(=O)NC(Cc2ccccc2)C(N)=O)cc1OC. The van der Waals surface area contributed by atoms with Gasteiger partial charge in [0.15, 0.2) is 11.5 Å².